The predicted molar refractivity (Wildman–Crippen MR) is 102 cm³/mol. The molecule has 0 radical (unpaired) electrons. The van der Waals surface area contributed by atoms with Gasteiger partial charge in [0.1, 0.15) is 5.58 Å². The molecule has 1 aromatic heterocycles. The van der Waals surface area contributed by atoms with E-state index < -0.39 is 0 Å². The molecule has 2 aromatic carbocycles. The van der Waals surface area contributed by atoms with Gasteiger partial charge in [-0.2, -0.15) is 0 Å². The van der Waals surface area contributed by atoms with Gasteiger partial charge < -0.3 is 18.6 Å². The van der Waals surface area contributed by atoms with E-state index in [0.717, 1.165) is 5.56 Å². The molecule has 1 heterocycles. The average molecular weight is 375 g/mol. The van der Waals surface area contributed by atoms with E-state index in [-0.39, 0.29) is 11.2 Å². The molecule has 0 saturated heterocycles. The van der Waals surface area contributed by atoms with Gasteiger partial charge in [-0.25, -0.2) is 0 Å². The van der Waals surface area contributed by atoms with E-state index in [4.69, 9.17) is 30.2 Å². The summed E-state index contributed by atoms with van der Waals surface area (Å²) in [5, 5.41) is 0.888. The highest BCUT2D eigenvalue weighted by Gasteiger charge is 2.19. The number of benzene rings is 2. The van der Waals surface area contributed by atoms with Gasteiger partial charge in [0.25, 0.3) is 0 Å². The quantitative estimate of drug-likeness (QED) is 0.639. The molecule has 3 aromatic rings. The number of aryl methyl sites for hydroxylation is 1. The van der Waals surface area contributed by atoms with Gasteiger partial charge >= 0.3 is 0 Å². The van der Waals surface area contributed by atoms with E-state index >= 15 is 0 Å². The molecule has 3 rings (SSSR count). The lowest BCUT2D eigenvalue weighted by atomic mass is 10.1. The molecule has 136 valence electrons. The second-order valence-electron chi connectivity index (χ2n) is 5.69. The molecule has 26 heavy (non-hydrogen) atoms. The molecule has 0 saturated carbocycles. The van der Waals surface area contributed by atoms with E-state index in [0.29, 0.717) is 45.4 Å². The van der Waals surface area contributed by atoms with Gasteiger partial charge in [0.2, 0.25) is 11.2 Å². The molecular weight excluding hydrogens is 356 g/mol. The molecule has 0 N–H and O–H groups in total. The molecule has 0 amide bonds. The summed E-state index contributed by atoms with van der Waals surface area (Å²) in [6.45, 7) is 3.99. The second kappa shape index (κ2) is 7.30. The van der Waals surface area contributed by atoms with Crippen molar-refractivity contribution in [3.63, 3.8) is 0 Å². The van der Waals surface area contributed by atoms with Crippen molar-refractivity contribution in [2.75, 3.05) is 20.8 Å². The largest absolute Gasteiger partial charge is 0.493 e. The number of fused-ring (bicyclic) bond motifs is 1. The summed E-state index contributed by atoms with van der Waals surface area (Å²) in [5.41, 5.74) is 1.66. The summed E-state index contributed by atoms with van der Waals surface area (Å²) in [6.07, 6.45) is 0. The normalized spacial score (nSPS) is 10.8. The van der Waals surface area contributed by atoms with Crippen molar-refractivity contribution in [1.82, 2.24) is 0 Å². The van der Waals surface area contributed by atoms with E-state index in [1.807, 2.05) is 13.8 Å². The van der Waals surface area contributed by atoms with Gasteiger partial charge in [0.15, 0.2) is 17.3 Å². The summed E-state index contributed by atoms with van der Waals surface area (Å²) in [7, 11) is 3.11. The summed E-state index contributed by atoms with van der Waals surface area (Å²) in [4.78, 5) is 13.0. The Labute approximate surface area is 156 Å². The highest BCUT2D eigenvalue weighted by atomic mass is 35.5. The summed E-state index contributed by atoms with van der Waals surface area (Å²) < 4.78 is 22.3. The Kier molecular flexibility index (Phi) is 5.09. The number of hydrogen-bond donors (Lipinski definition) is 0. The third-order valence-electron chi connectivity index (χ3n) is 4.06. The van der Waals surface area contributed by atoms with Gasteiger partial charge in [-0.3, -0.25) is 4.79 Å². The van der Waals surface area contributed by atoms with Crippen LogP contribution in [0.25, 0.3) is 22.3 Å². The topological polar surface area (TPSA) is 57.9 Å². The van der Waals surface area contributed by atoms with E-state index in [1.165, 1.54) is 0 Å². The standard InChI is InChI=1S/C20H19ClO5/c1-5-25-20-18(22)13-10-14(21)11(2)8-16(13)26-19(20)12-6-7-15(23-3)17(9-12)24-4/h6-10H,5H2,1-4H3. The van der Waals surface area contributed by atoms with Gasteiger partial charge in [-0.1, -0.05) is 11.6 Å². The van der Waals surface area contributed by atoms with Crippen LogP contribution < -0.4 is 19.6 Å². The lowest BCUT2D eigenvalue weighted by molar-refractivity contribution is 0.330. The summed E-state index contributed by atoms with van der Waals surface area (Å²) in [5.74, 6) is 1.60. The molecule has 6 heteroatoms. The summed E-state index contributed by atoms with van der Waals surface area (Å²) in [6, 6.07) is 8.64. The smallest absolute Gasteiger partial charge is 0.235 e. The minimum Gasteiger partial charge on any atom is -0.493 e. The fourth-order valence-corrected chi connectivity index (χ4v) is 2.91. The minimum atomic E-state index is -0.264. The van der Waals surface area contributed by atoms with Crippen LogP contribution in [0.3, 0.4) is 0 Å². The number of halogens is 1. The molecule has 0 aliphatic rings. The maximum absolute atomic E-state index is 13.0. The molecule has 0 spiro atoms. The Hall–Kier alpha value is -2.66. The highest BCUT2D eigenvalue weighted by molar-refractivity contribution is 6.32. The van der Waals surface area contributed by atoms with Gasteiger partial charge in [0.05, 0.1) is 26.2 Å². The average Bonchev–Trinajstić information content (AvgIpc) is 2.65. The third kappa shape index (κ3) is 3.10. The first-order valence-corrected chi connectivity index (χ1v) is 8.50. The lowest BCUT2D eigenvalue weighted by Crippen LogP contribution is -2.10. The van der Waals surface area contributed by atoms with Crippen molar-refractivity contribution in [2.24, 2.45) is 0 Å². The lowest BCUT2D eigenvalue weighted by Gasteiger charge is -2.13. The SMILES string of the molecule is CCOc1c(-c2ccc(OC)c(OC)c2)oc2cc(C)c(Cl)cc2c1=O. The molecule has 0 bridgehead atoms. The second-order valence-corrected chi connectivity index (χ2v) is 6.10. The fourth-order valence-electron chi connectivity index (χ4n) is 2.74. The van der Waals surface area contributed by atoms with Gasteiger partial charge in [-0.15, -0.1) is 0 Å². The Morgan fingerprint density at radius 2 is 1.81 bits per heavy atom. The first-order valence-electron chi connectivity index (χ1n) is 8.12. The van der Waals surface area contributed by atoms with E-state index in [2.05, 4.69) is 0 Å². The van der Waals surface area contributed by atoms with Crippen molar-refractivity contribution in [3.8, 4) is 28.6 Å². The Morgan fingerprint density at radius 1 is 1.08 bits per heavy atom. The molecule has 5 nitrogen and oxygen atoms in total. The van der Waals surface area contributed by atoms with Crippen molar-refractivity contribution in [2.45, 2.75) is 13.8 Å². The zero-order valence-electron chi connectivity index (χ0n) is 15.0. The van der Waals surface area contributed by atoms with Crippen LogP contribution in [-0.4, -0.2) is 20.8 Å². The highest BCUT2D eigenvalue weighted by Crippen LogP contribution is 2.37. The van der Waals surface area contributed by atoms with Crippen LogP contribution in [-0.2, 0) is 0 Å². The zero-order chi connectivity index (χ0) is 18.8. The van der Waals surface area contributed by atoms with Crippen LogP contribution >= 0.6 is 11.6 Å². The van der Waals surface area contributed by atoms with Crippen molar-refractivity contribution >= 4 is 22.6 Å². The van der Waals surface area contributed by atoms with Crippen LogP contribution in [0.5, 0.6) is 17.2 Å². The van der Waals surface area contributed by atoms with Crippen molar-refractivity contribution < 1.29 is 18.6 Å². The van der Waals surface area contributed by atoms with Gasteiger partial charge in [-0.05, 0) is 49.7 Å². The van der Waals surface area contributed by atoms with Crippen LogP contribution in [0.15, 0.2) is 39.5 Å². The zero-order valence-corrected chi connectivity index (χ0v) is 15.8. The molecule has 0 aliphatic heterocycles. The van der Waals surface area contributed by atoms with Crippen LogP contribution in [0.4, 0.5) is 0 Å². The first-order chi connectivity index (χ1) is 12.5. The molecular formula is C20H19ClO5. The van der Waals surface area contributed by atoms with Crippen LogP contribution in [0, 0.1) is 6.92 Å². The van der Waals surface area contributed by atoms with Crippen molar-refractivity contribution in [3.05, 3.63) is 51.1 Å². The molecule has 0 fully saturated rings. The maximum atomic E-state index is 13.0. The maximum Gasteiger partial charge on any atom is 0.235 e. The Morgan fingerprint density at radius 3 is 2.46 bits per heavy atom. The van der Waals surface area contributed by atoms with E-state index in [1.54, 1.807) is 44.6 Å². The van der Waals surface area contributed by atoms with E-state index in [9.17, 15) is 4.79 Å². The number of ether oxygens (including phenoxy) is 3. The van der Waals surface area contributed by atoms with Gasteiger partial charge in [0, 0.05) is 10.6 Å². The number of methoxy groups -OCH3 is 2. The van der Waals surface area contributed by atoms with Crippen LogP contribution in [0.2, 0.25) is 5.02 Å². The minimum absolute atomic E-state index is 0.145. The molecule has 0 atom stereocenters. The monoisotopic (exact) mass is 374 g/mol. The predicted octanol–water partition coefficient (Wildman–Crippen LogP) is 4.84. The fraction of sp³-hybridized carbons (Fsp3) is 0.250. The Balaban J connectivity index is 2.32. The number of rotatable bonds is 5. The number of hydrogen-bond acceptors (Lipinski definition) is 5. The Bertz CT molecular complexity index is 1020. The van der Waals surface area contributed by atoms with Crippen LogP contribution in [0.1, 0.15) is 12.5 Å². The third-order valence-corrected chi connectivity index (χ3v) is 4.47. The summed E-state index contributed by atoms with van der Waals surface area (Å²) >= 11 is 6.17. The molecule has 0 unspecified atom stereocenters. The first kappa shape index (κ1) is 18.1. The molecule has 0 aliphatic carbocycles. The van der Waals surface area contributed by atoms with Crippen molar-refractivity contribution in [1.29, 1.82) is 0 Å².